The van der Waals surface area contributed by atoms with Crippen molar-refractivity contribution >= 4 is 11.6 Å². The maximum Gasteiger partial charge on any atom is 0.224 e. The Bertz CT molecular complexity index is 664. The summed E-state index contributed by atoms with van der Waals surface area (Å²) in [6.07, 6.45) is 3.96. The molecule has 0 bridgehead atoms. The predicted octanol–water partition coefficient (Wildman–Crippen LogP) is 4.12. The highest BCUT2D eigenvalue weighted by atomic mass is 16.5. The summed E-state index contributed by atoms with van der Waals surface area (Å²) in [4.78, 5) is 12.1. The Morgan fingerprint density at radius 2 is 1.62 bits per heavy atom. The van der Waals surface area contributed by atoms with Gasteiger partial charge in [-0.25, -0.2) is 0 Å². The molecule has 1 heterocycles. The molecule has 0 radical (unpaired) electrons. The highest BCUT2D eigenvalue weighted by molar-refractivity contribution is 5.90. The minimum absolute atomic E-state index is 0.108. The number of anilines is 1. The summed E-state index contributed by atoms with van der Waals surface area (Å²) in [6, 6.07) is 18.1. The molecular weight excluding hydrogens is 324 g/mol. The molecule has 0 atom stereocenters. The zero-order chi connectivity index (χ0) is 18.0. The lowest BCUT2D eigenvalue weighted by atomic mass is 9.93. The minimum Gasteiger partial charge on any atom is -0.372 e. The van der Waals surface area contributed by atoms with E-state index >= 15 is 0 Å². The monoisotopic (exact) mass is 352 g/mol. The van der Waals surface area contributed by atoms with Crippen molar-refractivity contribution in [2.24, 2.45) is 5.92 Å². The van der Waals surface area contributed by atoms with Crippen molar-refractivity contribution in [3.8, 4) is 0 Å². The van der Waals surface area contributed by atoms with E-state index in [1.165, 1.54) is 18.4 Å². The molecule has 0 aliphatic carbocycles. The first-order valence-corrected chi connectivity index (χ1v) is 9.51. The molecule has 138 valence electrons. The zero-order valence-electron chi connectivity index (χ0n) is 15.2. The first-order chi connectivity index (χ1) is 12.8. The van der Waals surface area contributed by atoms with Crippen LogP contribution in [0.4, 0.5) is 5.69 Å². The van der Waals surface area contributed by atoms with Gasteiger partial charge in [0.2, 0.25) is 5.91 Å². The van der Waals surface area contributed by atoms with E-state index in [9.17, 15) is 4.79 Å². The fourth-order valence-electron chi connectivity index (χ4n) is 3.27. The van der Waals surface area contributed by atoms with Gasteiger partial charge in [0, 0.05) is 12.1 Å². The lowest BCUT2D eigenvalue weighted by Gasteiger charge is -2.22. The van der Waals surface area contributed by atoms with Gasteiger partial charge in [-0.05, 0) is 61.5 Å². The zero-order valence-corrected chi connectivity index (χ0v) is 15.2. The van der Waals surface area contributed by atoms with Crippen molar-refractivity contribution in [2.45, 2.75) is 38.9 Å². The number of carbonyl (C=O) groups is 1. The normalized spacial score (nSPS) is 14.9. The molecule has 0 aromatic heterocycles. The van der Waals surface area contributed by atoms with Crippen molar-refractivity contribution in [3.05, 3.63) is 65.7 Å². The highest BCUT2D eigenvalue weighted by Gasteiger charge is 2.14. The van der Waals surface area contributed by atoms with E-state index in [0.29, 0.717) is 25.6 Å². The summed E-state index contributed by atoms with van der Waals surface area (Å²) < 4.78 is 5.74. The number of nitrogens with one attached hydrogen (secondary N) is 2. The molecule has 2 aromatic carbocycles. The molecule has 1 aliphatic heterocycles. The third kappa shape index (κ3) is 6.28. The van der Waals surface area contributed by atoms with Gasteiger partial charge in [0.1, 0.15) is 0 Å². The van der Waals surface area contributed by atoms with Crippen LogP contribution in [0.5, 0.6) is 0 Å². The molecule has 1 saturated heterocycles. The second-order valence-corrected chi connectivity index (χ2v) is 6.96. The number of hydrogen-bond acceptors (Lipinski definition) is 3. The molecule has 2 aromatic rings. The maximum absolute atomic E-state index is 12.1. The number of ether oxygens (including phenoxy) is 1. The topological polar surface area (TPSA) is 50.4 Å². The summed E-state index contributed by atoms with van der Waals surface area (Å²) in [7, 11) is 0. The number of carbonyl (C=O) groups excluding carboxylic acids is 1. The number of rotatable bonds is 8. The Kier molecular flexibility index (Phi) is 7.23. The Morgan fingerprint density at radius 3 is 2.31 bits per heavy atom. The lowest BCUT2D eigenvalue weighted by Crippen LogP contribution is -2.28. The predicted molar refractivity (Wildman–Crippen MR) is 105 cm³/mol. The summed E-state index contributed by atoms with van der Waals surface area (Å²) in [5.41, 5.74) is 3.13. The number of amides is 1. The fourth-order valence-corrected chi connectivity index (χ4v) is 3.27. The third-order valence-corrected chi connectivity index (χ3v) is 4.86. The second kappa shape index (κ2) is 10.1. The van der Waals surface area contributed by atoms with Crippen LogP contribution in [-0.2, 0) is 22.7 Å². The standard InChI is InChI=1S/C22H28N2O2/c25-22(11-8-18-12-14-23-15-13-18)24-21-9-6-20(7-10-21)17-26-16-19-4-2-1-3-5-19/h1-7,9-10,18,23H,8,11-17H2,(H,24,25). The molecule has 1 aliphatic rings. The molecule has 0 unspecified atom stereocenters. The van der Waals surface area contributed by atoms with Crippen LogP contribution < -0.4 is 10.6 Å². The summed E-state index contributed by atoms with van der Waals surface area (Å²) in [6.45, 7) is 3.34. The van der Waals surface area contributed by atoms with Gasteiger partial charge in [-0.15, -0.1) is 0 Å². The largest absolute Gasteiger partial charge is 0.372 e. The average molecular weight is 352 g/mol. The summed E-state index contributed by atoms with van der Waals surface area (Å²) in [5.74, 6) is 0.794. The van der Waals surface area contributed by atoms with E-state index in [2.05, 4.69) is 22.8 Å². The quantitative estimate of drug-likeness (QED) is 0.751. The average Bonchev–Trinajstić information content (AvgIpc) is 2.69. The van der Waals surface area contributed by atoms with Crippen LogP contribution in [0.2, 0.25) is 0 Å². The van der Waals surface area contributed by atoms with E-state index in [0.717, 1.165) is 30.8 Å². The SMILES string of the molecule is O=C(CCC1CCNCC1)Nc1ccc(COCc2ccccc2)cc1. The molecule has 2 N–H and O–H groups in total. The van der Waals surface area contributed by atoms with E-state index in [1.807, 2.05) is 42.5 Å². The van der Waals surface area contributed by atoms with E-state index in [1.54, 1.807) is 0 Å². The Balaban J connectivity index is 1.37. The smallest absolute Gasteiger partial charge is 0.224 e. The van der Waals surface area contributed by atoms with Crippen LogP contribution >= 0.6 is 0 Å². The van der Waals surface area contributed by atoms with Crippen molar-refractivity contribution in [3.63, 3.8) is 0 Å². The van der Waals surface area contributed by atoms with Gasteiger partial charge in [-0.2, -0.15) is 0 Å². The van der Waals surface area contributed by atoms with Gasteiger partial charge in [0.25, 0.3) is 0 Å². The molecule has 3 rings (SSSR count). The lowest BCUT2D eigenvalue weighted by molar-refractivity contribution is -0.116. The second-order valence-electron chi connectivity index (χ2n) is 6.96. The molecule has 0 saturated carbocycles. The number of piperidine rings is 1. The summed E-state index contributed by atoms with van der Waals surface area (Å²) >= 11 is 0. The fraction of sp³-hybridized carbons (Fsp3) is 0.409. The Morgan fingerprint density at radius 1 is 0.962 bits per heavy atom. The first-order valence-electron chi connectivity index (χ1n) is 9.51. The van der Waals surface area contributed by atoms with Gasteiger partial charge in [0.05, 0.1) is 13.2 Å². The van der Waals surface area contributed by atoms with Crippen LogP contribution in [0, 0.1) is 5.92 Å². The van der Waals surface area contributed by atoms with Crippen LogP contribution in [0.3, 0.4) is 0 Å². The van der Waals surface area contributed by atoms with Gasteiger partial charge < -0.3 is 15.4 Å². The molecule has 26 heavy (non-hydrogen) atoms. The van der Waals surface area contributed by atoms with Crippen LogP contribution in [0.25, 0.3) is 0 Å². The number of benzene rings is 2. The van der Waals surface area contributed by atoms with Gasteiger partial charge in [-0.3, -0.25) is 4.79 Å². The molecule has 1 fully saturated rings. The van der Waals surface area contributed by atoms with Gasteiger partial charge in [-0.1, -0.05) is 42.5 Å². The number of hydrogen-bond donors (Lipinski definition) is 2. The van der Waals surface area contributed by atoms with Crippen molar-refractivity contribution in [1.29, 1.82) is 0 Å². The Labute approximate surface area is 156 Å². The third-order valence-electron chi connectivity index (χ3n) is 4.86. The molecule has 4 heteroatoms. The van der Waals surface area contributed by atoms with E-state index in [-0.39, 0.29) is 5.91 Å². The van der Waals surface area contributed by atoms with Crippen molar-refractivity contribution < 1.29 is 9.53 Å². The van der Waals surface area contributed by atoms with Crippen LogP contribution in [0.1, 0.15) is 36.8 Å². The van der Waals surface area contributed by atoms with Gasteiger partial charge >= 0.3 is 0 Å². The highest BCUT2D eigenvalue weighted by Crippen LogP contribution is 2.18. The minimum atomic E-state index is 0.108. The molecule has 1 amide bonds. The first kappa shape index (κ1) is 18.6. The molecular formula is C22H28N2O2. The van der Waals surface area contributed by atoms with Crippen molar-refractivity contribution in [1.82, 2.24) is 5.32 Å². The van der Waals surface area contributed by atoms with Crippen molar-refractivity contribution in [2.75, 3.05) is 18.4 Å². The van der Waals surface area contributed by atoms with Crippen LogP contribution in [0.15, 0.2) is 54.6 Å². The Hall–Kier alpha value is -2.17. The molecule has 0 spiro atoms. The molecule has 4 nitrogen and oxygen atoms in total. The van der Waals surface area contributed by atoms with E-state index < -0.39 is 0 Å². The van der Waals surface area contributed by atoms with Gasteiger partial charge in [0.15, 0.2) is 0 Å². The summed E-state index contributed by atoms with van der Waals surface area (Å²) in [5, 5.41) is 6.36. The van der Waals surface area contributed by atoms with E-state index in [4.69, 9.17) is 4.74 Å². The maximum atomic E-state index is 12.1. The van der Waals surface area contributed by atoms with Crippen LogP contribution in [-0.4, -0.2) is 19.0 Å².